The smallest absolute Gasteiger partial charge is 0.333 e. The molecule has 3 nitrogen and oxygen atoms in total. The zero-order chi connectivity index (χ0) is 13.3. The van der Waals surface area contributed by atoms with Crippen molar-refractivity contribution < 1.29 is 14.3 Å². The molecule has 0 aromatic rings. The molecule has 2 aliphatic rings. The van der Waals surface area contributed by atoms with Crippen LogP contribution >= 0.6 is 0 Å². The van der Waals surface area contributed by atoms with E-state index in [1.54, 1.807) is 6.92 Å². The average Bonchev–Trinajstić information content (AvgIpc) is 2.85. The van der Waals surface area contributed by atoms with E-state index in [4.69, 9.17) is 9.47 Å². The molecule has 0 radical (unpaired) electrons. The van der Waals surface area contributed by atoms with Gasteiger partial charge in [-0.1, -0.05) is 13.2 Å². The van der Waals surface area contributed by atoms with Crippen molar-refractivity contribution in [3.8, 4) is 0 Å². The number of rotatable bonds is 5. The third-order valence-electron chi connectivity index (χ3n) is 4.09. The zero-order valence-electron chi connectivity index (χ0n) is 11.3. The van der Waals surface area contributed by atoms with E-state index in [-0.39, 0.29) is 12.1 Å². The number of hydrogen-bond donors (Lipinski definition) is 0. The van der Waals surface area contributed by atoms with Gasteiger partial charge in [-0.15, -0.1) is 0 Å². The molecule has 3 heteroatoms. The van der Waals surface area contributed by atoms with Gasteiger partial charge in [-0.05, 0) is 50.9 Å². The monoisotopic (exact) mass is 250 g/mol. The molecule has 2 fully saturated rings. The van der Waals surface area contributed by atoms with Gasteiger partial charge in [0.05, 0.1) is 12.4 Å². The summed E-state index contributed by atoms with van der Waals surface area (Å²) in [6.45, 7) is 11.7. The van der Waals surface area contributed by atoms with Crippen LogP contribution in [0.25, 0.3) is 0 Å². The molecule has 0 heterocycles. The molecule has 18 heavy (non-hydrogen) atoms. The van der Waals surface area contributed by atoms with Crippen LogP contribution in [0.2, 0.25) is 0 Å². The van der Waals surface area contributed by atoms with Gasteiger partial charge in [0.1, 0.15) is 6.10 Å². The summed E-state index contributed by atoms with van der Waals surface area (Å²) in [7, 11) is 0. The van der Waals surface area contributed by atoms with E-state index in [1.165, 1.54) is 6.42 Å². The molecule has 2 saturated carbocycles. The Morgan fingerprint density at radius 3 is 2.39 bits per heavy atom. The molecule has 0 saturated heterocycles. The van der Waals surface area contributed by atoms with Gasteiger partial charge in [-0.3, -0.25) is 0 Å². The maximum absolute atomic E-state index is 11.5. The fraction of sp³-hybridized carbons (Fsp3) is 0.667. The molecule has 2 bridgehead atoms. The van der Waals surface area contributed by atoms with Gasteiger partial charge in [0.2, 0.25) is 0 Å². The van der Waals surface area contributed by atoms with Gasteiger partial charge in [-0.2, -0.15) is 0 Å². The normalized spacial score (nSPS) is 33.2. The molecule has 0 aliphatic heterocycles. The van der Waals surface area contributed by atoms with Crippen LogP contribution in [-0.2, 0) is 14.3 Å². The molecular formula is C15H22O3. The Morgan fingerprint density at radius 2 is 1.89 bits per heavy atom. The number of carbonyl (C=O) groups excluding carboxylic acids is 1. The van der Waals surface area contributed by atoms with Crippen molar-refractivity contribution >= 4 is 5.97 Å². The molecule has 4 unspecified atom stereocenters. The number of allylic oxidation sites excluding steroid dienone is 1. The minimum absolute atomic E-state index is 0.0975. The molecule has 0 aromatic heterocycles. The van der Waals surface area contributed by atoms with Crippen LogP contribution < -0.4 is 0 Å². The Labute approximate surface area is 109 Å². The van der Waals surface area contributed by atoms with Gasteiger partial charge in [-0.25, -0.2) is 4.79 Å². The topological polar surface area (TPSA) is 35.5 Å². The van der Waals surface area contributed by atoms with Crippen molar-refractivity contribution in [2.24, 2.45) is 17.8 Å². The quantitative estimate of drug-likeness (QED) is 0.427. The molecule has 0 amide bonds. The first-order chi connectivity index (χ1) is 8.47. The Balaban J connectivity index is 1.82. The summed E-state index contributed by atoms with van der Waals surface area (Å²) in [4.78, 5) is 11.5. The Bertz CT molecular complexity index is 372. The summed E-state index contributed by atoms with van der Waals surface area (Å²) in [5, 5.41) is 0. The first-order valence-electron chi connectivity index (χ1n) is 6.62. The molecule has 2 aliphatic carbocycles. The fourth-order valence-electron chi connectivity index (χ4n) is 3.18. The van der Waals surface area contributed by atoms with Gasteiger partial charge >= 0.3 is 5.97 Å². The van der Waals surface area contributed by atoms with E-state index >= 15 is 0 Å². The molecule has 0 spiro atoms. The van der Waals surface area contributed by atoms with Crippen molar-refractivity contribution in [1.82, 2.24) is 0 Å². The predicted octanol–water partition coefficient (Wildman–Crippen LogP) is 3.07. The van der Waals surface area contributed by atoms with Crippen LogP contribution in [0.5, 0.6) is 0 Å². The highest BCUT2D eigenvalue weighted by Gasteiger charge is 2.47. The van der Waals surface area contributed by atoms with Gasteiger partial charge < -0.3 is 9.47 Å². The SMILES string of the molecule is C=C(C)OCC1CC2CC1CC2OC(=O)C(=C)C. The second-order valence-electron chi connectivity index (χ2n) is 5.72. The van der Waals surface area contributed by atoms with Crippen LogP contribution in [-0.4, -0.2) is 18.7 Å². The van der Waals surface area contributed by atoms with Gasteiger partial charge in [0.25, 0.3) is 0 Å². The molecule has 0 aromatic carbocycles. The lowest BCUT2D eigenvalue weighted by molar-refractivity contribution is -0.147. The lowest BCUT2D eigenvalue weighted by Gasteiger charge is -2.27. The highest BCUT2D eigenvalue weighted by Crippen LogP contribution is 2.49. The number of ether oxygens (including phenoxy) is 2. The standard InChI is InChI=1S/C15H22O3/c1-9(2)15(16)18-14-7-11-5-12(14)6-13(11)8-17-10(3)4/h11-14H,1,3,5-8H2,2,4H3. The average molecular weight is 250 g/mol. The summed E-state index contributed by atoms with van der Waals surface area (Å²) < 4.78 is 11.0. The fourth-order valence-corrected chi connectivity index (χ4v) is 3.18. The number of esters is 1. The van der Waals surface area contributed by atoms with E-state index < -0.39 is 0 Å². The first kappa shape index (κ1) is 13.2. The van der Waals surface area contributed by atoms with Gasteiger partial charge in [0.15, 0.2) is 0 Å². The predicted molar refractivity (Wildman–Crippen MR) is 69.8 cm³/mol. The van der Waals surface area contributed by atoms with Gasteiger partial charge in [0, 0.05) is 5.57 Å². The maximum Gasteiger partial charge on any atom is 0.333 e. The number of hydrogen-bond acceptors (Lipinski definition) is 3. The van der Waals surface area contributed by atoms with Crippen LogP contribution in [0.15, 0.2) is 24.5 Å². The lowest BCUT2D eigenvalue weighted by atomic mass is 9.88. The number of fused-ring (bicyclic) bond motifs is 2. The lowest BCUT2D eigenvalue weighted by Crippen LogP contribution is -2.29. The second kappa shape index (κ2) is 5.17. The van der Waals surface area contributed by atoms with Crippen molar-refractivity contribution in [3.63, 3.8) is 0 Å². The second-order valence-corrected chi connectivity index (χ2v) is 5.72. The molecule has 0 N–H and O–H groups in total. The summed E-state index contributed by atoms with van der Waals surface area (Å²) in [6, 6.07) is 0. The summed E-state index contributed by atoms with van der Waals surface area (Å²) in [6.07, 6.45) is 3.35. The van der Waals surface area contributed by atoms with E-state index in [1.807, 2.05) is 6.92 Å². The number of carbonyl (C=O) groups is 1. The van der Waals surface area contributed by atoms with E-state index in [2.05, 4.69) is 13.2 Å². The van der Waals surface area contributed by atoms with Crippen molar-refractivity contribution in [3.05, 3.63) is 24.5 Å². The van der Waals surface area contributed by atoms with E-state index in [0.717, 1.165) is 25.2 Å². The highest BCUT2D eigenvalue weighted by molar-refractivity contribution is 5.87. The Hall–Kier alpha value is -1.25. The Kier molecular flexibility index (Phi) is 3.79. The minimum atomic E-state index is -0.248. The van der Waals surface area contributed by atoms with Crippen LogP contribution in [0, 0.1) is 17.8 Å². The van der Waals surface area contributed by atoms with E-state index in [9.17, 15) is 4.79 Å². The molecular weight excluding hydrogens is 228 g/mol. The van der Waals surface area contributed by atoms with Crippen molar-refractivity contribution in [2.75, 3.05) is 6.61 Å². The van der Waals surface area contributed by atoms with Crippen LogP contribution in [0.3, 0.4) is 0 Å². The summed E-state index contributed by atoms with van der Waals surface area (Å²) in [5.41, 5.74) is 0.486. The molecule has 100 valence electrons. The maximum atomic E-state index is 11.5. The molecule has 4 atom stereocenters. The minimum Gasteiger partial charge on any atom is -0.499 e. The van der Waals surface area contributed by atoms with Crippen LogP contribution in [0.4, 0.5) is 0 Å². The zero-order valence-corrected chi connectivity index (χ0v) is 11.3. The summed E-state index contributed by atoms with van der Waals surface area (Å²) >= 11 is 0. The first-order valence-corrected chi connectivity index (χ1v) is 6.62. The Morgan fingerprint density at radius 1 is 1.17 bits per heavy atom. The summed E-state index contributed by atoms with van der Waals surface area (Å²) in [5.74, 6) is 2.28. The van der Waals surface area contributed by atoms with Crippen molar-refractivity contribution in [1.29, 1.82) is 0 Å². The van der Waals surface area contributed by atoms with Crippen molar-refractivity contribution in [2.45, 2.75) is 39.2 Å². The highest BCUT2D eigenvalue weighted by atomic mass is 16.5. The van der Waals surface area contributed by atoms with E-state index in [0.29, 0.717) is 23.3 Å². The largest absolute Gasteiger partial charge is 0.499 e. The third kappa shape index (κ3) is 2.77. The van der Waals surface area contributed by atoms with Crippen LogP contribution in [0.1, 0.15) is 33.1 Å². The third-order valence-corrected chi connectivity index (χ3v) is 4.09. The molecule has 2 rings (SSSR count).